The van der Waals surface area contributed by atoms with Gasteiger partial charge in [0, 0.05) is 33.2 Å². The van der Waals surface area contributed by atoms with Gasteiger partial charge in [0.1, 0.15) is 19.0 Å². The van der Waals surface area contributed by atoms with Crippen LogP contribution in [0.2, 0.25) is 0 Å². The summed E-state index contributed by atoms with van der Waals surface area (Å²) in [4.78, 5) is 22.0. The highest BCUT2D eigenvalue weighted by atomic mass is 19.3. The Bertz CT molecular complexity index is 1060. The third-order valence-corrected chi connectivity index (χ3v) is 6.46. The first-order valence-corrected chi connectivity index (χ1v) is 11.7. The van der Waals surface area contributed by atoms with Crippen LogP contribution < -0.4 is 19.9 Å². The number of fused-ring (bicyclic) bond motifs is 1. The summed E-state index contributed by atoms with van der Waals surface area (Å²) in [6, 6.07) is 7.03. The fourth-order valence-corrected chi connectivity index (χ4v) is 4.37. The third-order valence-electron chi connectivity index (χ3n) is 6.46. The maximum atomic E-state index is 13.1. The van der Waals surface area contributed by atoms with Crippen LogP contribution in [0.1, 0.15) is 18.7 Å². The van der Waals surface area contributed by atoms with E-state index in [4.69, 9.17) is 9.72 Å². The molecule has 2 N–H and O–H groups in total. The normalized spacial score (nSPS) is 21.4. The first-order chi connectivity index (χ1) is 17.2. The lowest BCUT2D eigenvalue weighted by molar-refractivity contribution is -0.156. The molecular weight excluding hydrogens is 481 g/mol. The van der Waals surface area contributed by atoms with Gasteiger partial charge >= 0.3 is 5.97 Å². The highest BCUT2D eigenvalue weighted by molar-refractivity contribution is 5.75. The number of piperazine rings is 1. The molecule has 0 radical (unpaired) electrons. The first-order valence-electron chi connectivity index (χ1n) is 11.7. The molecule has 1 fully saturated rings. The molecule has 0 spiro atoms. The topological polar surface area (TPSA) is 95.3 Å². The van der Waals surface area contributed by atoms with Crippen LogP contribution in [0.15, 0.2) is 24.3 Å². The summed E-state index contributed by atoms with van der Waals surface area (Å²) in [5.74, 6) is 0.165. The van der Waals surface area contributed by atoms with Gasteiger partial charge in [-0.15, -0.1) is 0 Å². The second-order valence-corrected chi connectivity index (χ2v) is 8.71. The second kappa shape index (κ2) is 10.9. The number of esters is 1. The number of rotatable bonds is 8. The fraction of sp³-hybridized carbons (Fsp3) is 0.565. The van der Waals surface area contributed by atoms with E-state index in [2.05, 4.69) is 15.0 Å². The van der Waals surface area contributed by atoms with Crippen LogP contribution in [-0.2, 0) is 9.53 Å². The smallest absolute Gasteiger partial charge is 0.346 e. The van der Waals surface area contributed by atoms with Gasteiger partial charge in [0.15, 0.2) is 12.2 Å². The van der Waals surface area contributed by atoms with Crippen molar-refractivity contribution in [3.8, 4) is 11.4 Å². The summed E-state index contributed by atoms with van der Waals surface area (Å²) < 4.78 is 50.3. The number of hydrogen-bond acceptors (Lipinski definition) is 9. The van der Waals surface area contributed by atoms with E-state index in [1.807, 2.05) is 35.6 Å². The number of aliphatic hydroxyl groups is 1. The molecule has 1 saturated heterocycles. The van der Waals surface area contributed by atoms with E-state index in [0.717, 1.165) is 31.9 Å². The lowest BCUT2D eigenvalue weighted by Gasteiger charge is -2.41. The highest BCUT2D eigenvalue weighted by Gasteiger charge is 2.39. The van der Waals surface area contributed by atoms with Crippen molar-refractivity contribution in [3.05, 3.63) is 30.0 Å². The predicted octanol–water partition coefficient (Wildman–Crippen LogP) is 1.53. The van der Waals surface area contributed by atoms with Gasteiger partial charge in [0.2, 0.25) is 5.95 Å². The van der Waals surface area contributed by atoms with E-state index in [9.17, 15) is 23.1 Å². The molecule has 4 rings (SSSR count). The number of anilines is 2. The summed E-state index contributed by atoms with van der Waals surface area (Å²) in [5, 5.41) is 14.0. The molecular formula is C23H31F3N6O4. The van der Waals surface area contributed by atoms with Gasteiger partial charge in [-0.3, -0.25) is 9.47 Å². The van der Waals surface area contributed by atoms with E-state index in [-0.39, 0.29) is 19.3 Å². The number of hydrogen-bond donors (Lipinski definition) is 2. The van der Waals surface area contributed by atoms with Crippen LogP contribution in [0.4, 0.5) is 24.9 Å². The number of alkyl halides is 3. The molecule has 13 heteroatoms. The zero-order valence-corrected chi connectivity index (χ0v) is 20.4. The molecule has 1 aromatic heterocycles. The Morgan fingerprint density at radius 3 is 2.58 bits per heavy atom. The molecule has 3 heterocycles. The lowest BCUT2D eigenvalue weighted by atomic mass is 10.1. The Labute approximate surface area is 207 Å². The highest BCUT2D eigenvalue weighted by Crippen LogP contribution is 2.42. The van der Waals surface area contributed by atoms with Crippen molar-refractivity contribution in [1.29, 1.82) is 0 Å². The van der Waals surface area contributed by atoms with E-state index in [1.54, 1.807) is 24.1 Å². The molecule has 2 aliphatic heterocycles. The maximum absolute atomic E-state index is 13.1. The Kier molecular flexibility index (Phi) is 7.91. The minimum atomic E-state index is -3.44. The van der Waals surface area contributed by atoms with Crippen LogP contribution in [-0.4, -0.2) is 98.0 Å². The van der Waals surface area contributed by atoms with Crippen molar-refractivity contribution in [2.75, 3.05) is 63.3 Å². The Balaban J connectivity index is 1.66. The van der Waals surface area contributed by atoms with Crippen LogP contribution in [0.5, 0.6) is 5.75 Å². The standard InChI is InChI=1S/C23H31F3N6O4/c1-14-18-20(30(3)23(34)29(14)2)28-22(31-10-8-27-9-11-31)32(18)15-6-4-5-7-16(15)35-12-13-36-21(33)17(24)19(25)26/h4-7,14,17,19,23,27,34H,8-13H2,1-3H3. The monoisotopic (exact) mass is 512 g/mol. The summed E-state index contributed by atoms with van der Waals surface area (Å²) in [5.41, 5.74) is 1.53. The van der Waals surface area contributed by atoms with E-state index < -0.39 is 24.9 Å². The van der Waals surface area contributed by atoms with Crippen molar-refractivity contribution >= 4 is 17.7 Å². The number of nitrogens with zero attached hydrogens (tertiary/aromatic N) is 5. The Morgan fingerprint density at radius 1 is 1.19 bits per heavy atom. The van der Waals surface area contributed by atoms with Crippen LogP contribution in [0.3, 0.4) is 0 Å². The van der Waals surface area contributed by atoms with Crippen molar-refractivity contribution in [2.45, 2.75) is 31.9 Å². The number of carbonyl (C=O) groups excluding carboxylic acids is 1. The number of para-hydroxylation sites is 2. The Morgan fingerprint density at radius 2 is 1.89 bits per heavy atom. The largest absolute Gasteiger partial charge is 0.488 e. The number of aliphatic hydroxyl groups excluding tert-OH is 1. The second-order valence-electron chi connectivity index (χ2n) is 8.71. The SMILES string of the molecule is CC1c2c(nc(N3CCNCC3)n2-c2ccccc2OCCOC(=O)C(F)C(F)F)N(C)C(O)N1C. The summed E-state index contributed by atoms with van der Waals surface area (Å²) >= 11 is 0. The number of carbonyl (C=O) groups is 1. The zero-order valence-electron chi connectivity index (χ0n) is 20.4. The van der Waals surface area contributed by atoms with Gasteiger partial charge in [0.25, 0.3) is 12.6 Å². The number of nitrogens with one attached hydrogen (secondary N) is 1. The van der Waals surface area contributed by atoms with Gasteiger partial charge < -0.3 is 29.7 Å². The minimum Gasteiger partial charge on any atom is -0.488 e. The summed E-state index contributed by atoms with van der Waals surface area (Å²) in [7, 11) is 3.60. The summed E-state index contributed by atoms with van der Waals surface area (Å²) in [6.07, 6.45) is -7.27. The molecule has 3 unspecified atom stereocenters. The molecule has 0 saturated carbocycles. The average Bonchev–Trinajstić information content (AvgIpc) is 3.29. The van der Waals surface area contributed by atoms with Crippen molar-refractivity contribution < 1.29 is 32.5 Å². The van der Waals surface area contributed by atoms with Crippen molar-refractivity contribution in [3.63, 3.8) is 0 Å². The zero-order chi connectivity index (χ0) is 26.0. The predicted molar refractivity (Wildman–Crippen MR) is 127 cm³/mol. The molecule has 1 aromatic carbocycles. The molecule has 198 valence electrons. The quantitative estimate of drug-likeness (QED) is 0.403. The number of halogens is 3. The minimum absolute atomic E-state index is 0.160. The third kappa shape index (κ3) is 4.95. The molecule has 0 amide bonds. The van der Waals surface area contributed by atoms with Gasteiger partial charge in [0.05, 0.1) is 17.4 Å². The lowest BCUT2D eigenvalue weighted by Crippen LogP contribution is -2.50. The van der Waals surface area contributed by atoms with Gasteiger partial charge in [-0.25, -0.2) is 18.0 Å². The Hall–Kier alpha value is -3.03. The molecule has 3 atom stereocenters. The fourth-order valence-electron chi connectivity index (χ4n) is 4.37. The van der Waals surface area contributed by atoms with Gasteiger partial charge in [-0.2, -0.15) is 4.98 Å². The number of ether oxygens (including phenoxy) is 2. The van der Waals surface area contributed by atoms with Crippen LogP contribution in [0.25, 0.3) is 5.69 Å². The average molecular weight is 513 g/mol. The number of benzene rings is 1. The van der Waals surface area contributed by atoms with Gasteiger partial charge in [-0.1, -0.05) is 12.1 Å². The molecule has 36 heavy (non-hydrogen) atoms. The maximum Gasteiger partial charge on any atom is 0.346 e. The number of imidazole rings is 1. The molecule has 10 nitrogen and oxygen atoms in total. The van der Waals surface area contributed by atoms with E-state index in [0.29, 0.717) is 23.2 Å². The van der Waals surface area contributed by atoms with E-state index in [1.165, 1.54) is 0 Å². The van der Waals surface area contributed by atoms with Crippen molar-refractivity contribution in [1.82, 2.24) is 19.8 Å². The van der Waals surface area contributed by atoms with Crippen LogP contribution in [0, 0.1) is 0 Å². The van der Waals surface area contributed by atoms with Gasteiger partial charge in [-0.05, 0) is 26.1 Å². The first kappa shape index (κ1) is 26.0. The molecule has 0 bridgehead atoms. The number of aromatic nitrogens is 2. The van der Waals surface area contributed by atoms with Crippen LogP contribution >= 0.6 is 0 Å². The van der Waals surface area contributed by atoms with Crippen molar-refractivity contribution in [2.24, 2.45) is 0 Å². The molecule has 0 aliphatic carbocycles. The van der Waals surface area contributed by atoms with E-state index >= 15 is 0 Å². The summed E-state index contributed by atoms with van der Waals surface area (Å²) in [6.45, 7) is 4.49. The molecule has 2 aromatic rings. The molecule has 2 aliphatic rings.